The second-order valence-electron chi connectivity index (χ2n) is 4.59. The monoisotopic (exact) mass is 340 g/mol. The molecule has 108 valence electrons. The molecule has 0 bridgehead atoms. The van der Waals surface area contributed by atoms with Gasteiger partial charge in [-0.3, -0.25) is 9.59 Å². The van der Waals surface area contributed by atoms with E-state index in [9.17, 15) is 9.59 Å². The number of hydrogen-bond donors (Lipinski definition) is 1. The summed E-state index contributed by atoms with van der Waals surface area (Å²) in [5, 5.41) is 2.75. The summed E-state index contributed by atoms with van der Waals surface area (Å²) in [6.07, 6.45) is 0.893. The third-order valence-corrected chi connectivity index (χ3v) is 3.94. The number of hydrogen-bond acceptors (Lipinski definition) is 3. The Kier molecular flexibility index (Phi) is 4.65. The van der Waals surface area contributed by atoms with Crippen LogP contribution < -0.4 is 15.0 Å². The first-order valence-electron chi connectivity index (χ1n) is 6.51. The summed E-state index contributed by atoms with van der Waals surface area (Å²) in [5.74, 6) is 0.549. The maximum atomic E-state index is 12.5. The summed E-state index contributed by atoms with van der Waals surface area (Å²) in [4.78, 5) is 25.7. The predicted octanol–water partition coefficient (Wildman–Crippen LogP) is 2.09. The summed E-state index contributed by atoms with van der Waals surface area (Å²) in [5.41, 5.74) is 0.762. The van der Waals surface area contributed by atoms with Crippen molar-refractivity contribution >= 4 is 33.4 Å². The zero-order valence-corrected chi connectivity index (χ0v) is 13.1. The van der Waals surface area contributed by atoms with Gasteiger partial charge in [-0.25, -0.2) is 0 Å². The normalized spacial score (nSPS) is 19.6. The second-order valence-corrected chi connectivity index (χ2v) is 5.44. The van der Waals surface area contributed by atoms with Gasteiger partial charge in [-0.05, 0) is 40.5 Å². The predicted molar refractivity (Wildman–Crippen MR) is 79.9 cm³/mol. The highest BCUT2D eigenvalue weighted by Crippen LogP contribution is 2.30. The Hall–Kier alpha value is -1.56. The maximum absolute atomic E-state index is 12.5. The fraction of sp³-hybridized carbons (Fsp3) is 0.429. The van der Waals surface area contributed by atoms with Crippen LogP contribution in [0.4, 0.5) is 5.69 Å². The highest BCUT2D eigenvalue weighted by molar-refractivity contribution is 9.10. The number of carbonyl (C=O) groups is 2. The van der Waals surface area contributed by atoms with Gasteiger partial charge in [0.15, 0.2) is 0 Å². The first-order valence-corrected chi connectivity index (χ1v) is 7.30. The molecule has 1 atom stereocenters. The van der Waals surface area contributed by atoms with Gasteiger partial charge in [-0.1, -0.05) is 6.92 Å². The Balaban J connectivity index is 2.32. The Morgan fingerprint density at radius 1 is 1.45 bits per heavy atom. The minimum absolute atomic E-state index is 0.0737. The SMILES string of the molecule is CCC1NC(=O)CCN(c2ccc(OC)c(Br)c2)C1=O. The molecule has 5 nitrogen and oxygen atoms in total. The first-order chi connectivity index (χ1) is 9.56. The lowest BCUT2D eigenvalue weighted by molar-refractivity contribution is -0.125. The van der Waals surface area contributed by atoms with Crippen molar-refractivity contribution in [2.45, 2.75) is 25.8 Å². The van der Waals surface area contributed by atoms with Crippen LogP contribution in [0.25, 0.3) is 0 Å². The van der Waals surface area contributed by atoms with Crippen LogP contribution in [0, 0.1) is 0 Å². The number of anilines is 1. The topological polar surface area (TPSA) is 58.6 Å². The number of ether oxygens (including phenoxy) is 1. The minimum atomic E-state index is -0.453. The van der Waals surface area contributed by atoms with Crippen LogP contribution in [0.15, 0.2) is 22.7 Å². The zero-order chi connectivity index (χ0) is 14.7. The number of rotatable bonds is 3. The molecule has 0 spiro atoms. The van der Waals surface area contributed by atoms with Gasteiger partial charge in [-0.2, -0.15) is 0 Å². The number of nitrogens with zero attached hydrogens (tertiary/aromatic N) is 1. The molecule has 2 rings (SSSR count). The molecule has 1 aliphatic heterocycles. The van der Waals surface area contributed by atoms with Gasteiger partial charge < -0.3 is 15.0 Å². The van der Waals surface area contributed by atoms with E-state index in [0.29, 0.717) is 25.1 Å². The fourth-order valence-corrected chi connectivity index (χ4v) is 2.72. The average molecular weight is 341 g/mol. The molecule has 1 aliphatic rings. The Bertz CT molecular complexity index is 533. The number of amides is 2. The minimum Gasteiger partial charge on any atom is -0.496 e. The van der Waals surface area contributed by atoms with Gasteiger partial charge in [0.2, 0.25) is 11.8 Å². The van der Waals surface area contributed by atoms with Crippen molar-refractivity contribution in [1.82, 2.24) is 5.32 Å². The van der Waals surface area contributed by atoms with E-state index in [1.54, 1.807) is 18.1 Å². The summed E-state index contributed by atoms with van der Waals surface area (Å²) in [6, 6.07) is 5.00. The van der Waals surface area contributed by atoms with E-state index in [1.165, 1.54) is 0 Å². The van der Waals surface area contributed by atoms with Crippen molar-refractivity contribution in [1.29, 1.82) is 0 Å². The molecule has 0 aliphatic carbocycles. The van der Waals surface area contributed by atoms with Crippen LogP contribution in [-0.4, -0.2) is 31.5 Å². The number of benzene rings is 1. The Labute approximate surface area is 126 Å². The van der Waals surface area contributed by atoms with Gasteiger partial charge in [-0.15, -0.1) is 0 Å². The molecular formula is C14H17BrN2O3. The second kappa shape index (κ2) is 6.26. The molecule has 1 saturated heterocycles. The van der Waals surface area contributed by atoms with E-state index in [4.69, 9.17) is 4.74 Å². The van der Waals surface area contributed by atoms with Crippen molar-refractivity contribution in [3.05, 3.63) is 22.7 Å². The number of halogens is 1. The lowest BCUT2D eigenvalue weighted by Gasteiger charge is -2.24. The largest absolute Gasteiger partial charge is 0.496 e. The van der Waals surface area contributed by atoms with E-state index in [-0.39, 0.29) is 11.8 Å². The quantitative estimate of drug-likeness (QED) is 0.916. The smallest absolute Gasteiger partial charge is 0.249 e. The van der Waals surface area contributed by atoms with Gasteiger partial charge in [0.25, 0.3) is 0 Å². The van der Waals surface area contributed by atoms with Gasteiger partial charge in [0.05, 0.1) is 11.6 Å². The number of nitrogens with one attached hydrogen (secondary N) is 1. The van der Waals surface area contributed by atoms with E-state index >= 15 is 0 Å². The van der Waals surface area contributed by atoms with Crippen LogP contribution in [0.3, 0.4) is 0 Å². The molecule has 6 heteroatoms. The summed E-state index contributed by atoms with van der Waals surface area (Å²) < 4.78 is 5.96. The molecule has 20 heavy (non-hydrogen) atoms. The standard InChI is InChI=1S/C14H17BrN2O3/c1-3-11-14(19)17(7-6-13(18)16-11)9-4-5-12(20-2)10(15)8-9/h4-5,8,11H,3,6-7H2,1-2H3,(H,16,18). The van der Waals surface area contributed by atoms with E-state index < -0.39 is 6.04 Å². The summed E-state index contributed by atoms with van der Waals surface area (Å²) >= 11 is 3.41. The molecule has 1 heterocycles. The Morgan fingerprint density at radius 3 is 2.80 bits per heavy atom. The first kappa shape index (κ1) is 14.8. The number of methoxy groups -OCH3 is 1. The molecule has 0 radical (unpaired) electrons. The molecule has 1 unspecified atom stereocenters. The average Bonchev–Trinajstić information content (AvgIpc) is 2.58. The van der Waals surface area contributed by atoms with Crippen molar-refractivity contribution in [3.63, 3.8) is 0 Å². The molecular weight excluding hydrogens is 324 g/mol. The third kappa shape index (κ3) is 2.95. The van der Waals surface area contributed by atoms with E-state index in [2.05, 4.69) is 21.2 Å². The molecule has 0 saturated carbocycles. The molecule has 1 fully saturated rings. The van der Waals surface area contributed by atoms with E-state index in [1.807, 2.05) is 19.1 Å². The van der Waals surface area contributed by atoms with Crippen molar-refractivity contribution in [2.24, 2.45) is 0 Å². The highest BCUT2D eigenvalue weighted by atomic mass is 79.9. The molecule has 1 aromatic carbocycles. The van der Waals surface area contributed by atoms with Crippen LogP contribution >= 0.6 is 15.9 Å². The summed E-state index contributed by atoms with van der Waals surface area (Å²) in [7, 11) is 1.59. The molecule has 2 amide bonds. The van der Waals surface area contributed by atoms with Crippen LogP contribution in [0.1, 0.15) is 19.8 Å². The van der Waals surface area contributed by atoms with Crippen LogP contribution in [0.2, 0.25) is 0 Å². The number of carbonyl (C=O) groups excluding carboxylic acids is 2. The lowest BCUT2D eigenvalue weighted by Crippen LogP contribution is -2.44. The lowest BCUT2D eigenvalue weighted by atomic mass is 10.2. The fourth-order valence-electron chi connectivity index (χ4n) is 2.20. The van der Waals surface area contributed by atoms with Crippen LogP contribution in [0.5, 0.6) is 5.75 Å². The van der Waals surface area contributed by atoms with Crippen molar-refractivity contribution in [3.8, 4) is 5.75 Å². The highest BCUT2D eigenvalue weighted by Gasteiger charge is 2.29. The molecule has 0 aromatic heterocycles. The molecule has 1 N–H and O–H groups in total. The zero-order valence-electron chi connectivity index (χ0n) is 11.5. The van der Waals surface area contributed by atoms with E-state index in [0.717, 1.165) is 10.2 Å². The Morgan fingerprint density at radius 2 is 2.20 bits per heavy atom. The van der Waals surface area contributed by atoms with Crippen LogP contribution in [-0.2, 0) is 9.59 Å². The van der Waals surface area contributed by atoms with Gasteiger partial charge in [0, 0.05) is 18.7 Å². The molecule has 1 aromatic rings. The summed E-state index contributed by atoms with van der Waals surface area (Å²) in [6.45, 7) is 2.27. The third-order valence-electron chi connectivity index (χ3n) is 3.32. The maximum Gasteiger partial charge on any atom is 0.249 e. The van der Waals surface area contributed by atoms with Gasteiger partial charge >= 0.3 is 0 Å². The van der Waals surface area contributed by atoms with Gasteiger partial charge in [0.1, 0.15) is 11.8 Å². The van der Waals surface area contributed by atoms with Crippen molar-refractivity contribution < 1.29 is 14.3 Å². The van der Waals surface area contributed by atoms with Crippen molar-refractivity contribution in [2.75, 3.05) is 18.6 Å².